The summed E-state index contributed by atoms with van der Waals surface area (Å²) in [6.07, 6.45) is 4.53. The van der Waals surface area contributed by atoms with Gasteiger partial charge in [-0.25, -0.2) is 4.99 Å². The average Bonchev–Trinajstić information content (AvgIpc) is 3.10. The van der Waals surface area contributed by atoms with Gasteiger partial charge in [0.15, 0.2) is 11.8 Å². The fourth-order valence-electron chi connectivity index (χ4n) is 3.60. The molecule has 8 heteroatoms. The van der Waals surface area contributed by atoms with Gasteiger partial charge in [-0.15, -0.1) is 10.2 Å². The van der Waals surface area contributed by atoms with Gasteiger partial charge in [0.2, 0.25) is 0 Å². The van der Waals surface area contributed by atoms with Gasteiger partial charge >= 0.3 is 0 Å². The highest BCUT2D eigenvalue weighted by atomic mass is 16.5. The van der Waals surface area contributed by atoms with Crippen LogP contribution < -0.4 is 20.3 Å². The number of rotatable bonds is 8. The molecule has 1 unspecified atom stereocenters. The Morgan fingerprint density at radius 3 is 2.93 bits per heavy atom. The Labute approximate surface area is 179 Å². The van der Waals surface area contributed by atoms with E-state index in [1.54, 1.807) is 7.11 Å². The van der Waals surface area contributed by atoms with Crippen molar-refractivity contribution in [1.82, 2.24) is 25.4 Å². The molecule has 1 fully saturated rings. The van der Waals surface area contributed by atoms with Crippen LogP contribution in [0.15, 0.2) is 29.3 Å². The van der Waals surface area contributed by atoms with E-state index in [2.05, 4.69) is 44.8 Å². The Hall–Kier alpha value is -2.77. The van der Waals surface area contributed by atoms with Crippen LogP contribution in [0.25, 0.3) is 0 Å². The van der Waals surface area contributed by atoms with Gasteiger partial charge in [0.1, 0.15) is 18.1 Å². The number of benzene rings is 1. The Kier molecular flexibility index (Phi) is 7.93. The third-order valence-electron chi connectivity index (χ3n) is 5.56. The third-order valence-corrected chi connectivity index (χ3v) is 5.56. The molecular formula is C22H35N7O. The van der Waals surface area contributed by atoms with Crippen molar-refractivity contribution >= 4 is 11.6 Å². The summed E-state index contributed by atoms with van der Waals surface area (Å²) in [6, 6.07) is 8.62. The maximum atomic E-state index is 5.39. The van der Waals surface area contributed by atoms with Crippen molar-refractivity contribution in [3.05, 3.63) is 35.9 Å². The van der Waals surface area contributed by atoms with Crippen molar-refractivity contribution in [2.75, 3.05) is 31.6 Å². The average molecular weight is 414 g/mol. The number of nitrogens with one attached hydrogen (secondary N) is 2. The molecule has 1 aliphatic heterocycles. The molecule has 1 aromatic heterocycles. The first-order valence-electron chi connectivity index (χ1n) is 10.9. The zero-order chi connectivity index (χ0) is 21.3. The smallest absolute Gasteiger partial charge is 0.191 e. The lowest BCUT2D eigenvalue weighted by molar-refractivity contribution is 0.414. The predicted octanol–water partition coefficient (Wildman–Crippen LogP) is 2.64. The molecule has 2 N–H and O–H groups in total. The molecule has 0 spiro atoms. The standard InChI is InChI=1S/C22H35N7O/c1-5-6-12-23-22(24-15-21-27-26-17(2)28(21)3)25-18-9-8-13-29(16-18)19-10-7-11-20(14-19)30-4/h7,10-11,14,18H,5-6,8-9,12-13,15-16H2,1-4H3,(H2,23,24,25). The zero-order valence-corrected chi connectivity index (χ0v) is 18.7. The minimum atomic E-state index is 0.332. The monoisotopic (exact) mass is 413 g/mol. The van der Waals surface area contributed by atoms with Gasteiger partial charge in [-0.2, -0.15) is 0 Å². The minimum absolute atomic E-state index is 0.332. The maximum absolute atomic E-state index is 5.39. The van der Waals surface area contributed by atoms with Crippen LogP contribution in [0.4, 0.5) is 5.69 Å². The molecule has 30 heavy (non-hydrogen) atoms. The number of piperidine rings is 1. The van der Waals surface area contributed by atoms with E-state index in [4.69, 9.17) is 9.73 Å². The number of unbranched alkanes of at least 4 members (excludes halogenated alkanes) is 1. The molecule has 1 aliphatic rings. The topological polar surface area (TPSA) is 79.6 Å². The van der Waals surface area contributed by atoms with Gasteiger partial charge in [0.25, 0.3) is 0 Å². The van der Waals surface area contributed by atoms with Gasteiger partial charge in [-0.05, 0) is 38.3 Å². The first-order valence-corrected chi connectivity index (χ1v) is 10.9. The van der Waals surface area contributed by atoms with Crippen LogP contribution in [0.1, 0.15) is 44.3 Å². The van der Waals surface area contributed by atoms with Crippen LogP contribution in [0, 0.1) is 6.92 Å². The van der Waals surface area contributed by atoms with E-state index >= 15 is 0 Å². The van der Waals surface area contributed by atoms with E-state index in [9.17, 15) is 0 Å². The number of nitrogens with zero attached hydrogens (tertiary/aromatic N) is 5. The molecule has 0 aliphatic carbocycles. The van der Waals surface area contributed by atoms with Gasteiger partial charge < -0.3 is 24.8 Å². The molecule has 0 saturated carbocycles. The second kappa shape index (κ2) is 10.8. The van der Waals surface area contributed by atoms with Gasteiger partial charge in [-0.3, -0.25) is 0 Å². The van der Waals surface area contributed by atoms with E-state index in [0.717, 1.165) is 68.7 Å². The zero-order valence-electron chi connectivity index (χ0n) is 18.7. The summed E-state index contributed by atoms with van der Waals surface area (Å²) in [4.78, 5) is 7.21. The number of hydrogen-bond acceptors (Lipinski definition) is 5. The molecule has 2 aromatic rings. The molecular weight excluding hydrogens is 378 g/mol. The Morgan fingerprint density at radius 1 is 1.33 bits per heavy atom. The second-order valence-corrected chi connectivity index (χ2v) is 7.80. The van der Waals surface area contributed by atoms with Crippen LogP contribution in [-0.4, -0.2) is 53.5 Å². The molecule has 1 aromatic carbocycles. The van der Waals surface area contributed by atoms with Crippen LogP contribution >= 0.6 is 0 Å². The number of ether oxygens (including phenoxy) is 1. The number of aryl methyl sites for hydroxylation is 1. The molecule has 1 saturated heterocycles. The van der Waals surface area contributed by atoms with Crippen molar-refractivity contribution in [3.8, 4) is 5.75 Å². The molecule has 164 valence electrons. The van der Waals surface area contributed by atoms with Crippen molar-refractivity contribution in [2.24, 2.45) is 12.0 Å². The Bertz CT molecular complexity index is 833. The fraction of sp³-hybridized carbons (Fsp3) is 0.591. The summed E-state index contributed by atoms with van der Waals surface area (Å²) in [5, 5.41) is 15.5. The highest BCUT2D eigenvalue weighted by Gasteiger charge is 2.21. The number of aromatic nitrogens is 3. The lowest BCUT2D eigenvalue weighted by Crippen LogP contribution is -2.51. The molecule has 2 heterocycles. The van der Waals surface area contributed by atoms with E-state index in [0.29, 0.717) is 12.6 Å². The quantitative estimate of drug-likeness (QED) is 0.393. The van der Waals surface area contributed by atoms with E-state index < -0.39 is 0 Å². The Balaban J connectivity index is 1.66. The second-order valence-electron chi connectivity index (χ2n) is 7.80. The van der Waals surface area contributed by atoms with Crippen LogP contribution in [0.3, 0.4) is 0 Å². The molecule has 0 radical (unpaired) electrons. The summed E-state index contributed by atoms with van der Waals surface area (Å²) >= 11 is 0. The molecule has 3 rings (SSSR count). The minimum Gasteiger partial charge on any atom is -0.497 e. The predicted molar refractivity (Wildman–Crippen MR) is 121 cm³/mol. The highest BCUT2D eigenvalue weighted by molar-refractivity contribution is 5.80. The summed E-state index contributed by atoms with van der Waals surface area (Å²) in [5.41, 5.74) is 1.20. The molecule has 0 amide bonds. The van der Waals surface area contributed by atoms with Gasteiger partial charge in [-0.1, -0.05) is 19.4 Å². The number of aliphatic imine (C=N–C) groups is 1. The lowest BCUT2D eigenvalue weighted by Gasteiger charge is -2.35. The van der Waals surface area contributed by atoms with Crippen LogP contribution in [-0.2, 0) is 13.6 Å². The highest BCUT2D eigenvalue weighted by Crippen LogP contribution is 2.24. The molecule has 1 atom stereocenters. The summed E-state index contributed by atoms with van der Waals surface area (Å²) < 4.78 is 7.38. The fourth-order valence-corrected chi connectivity index (χ4v) is 3.60. The molecule has 8 nitrogen and oxygen atoms in total. The summed E-state index contributed by atoms with van der Waals surface area (Å²) in [6.45, 7) is 7.55. The van der Waals surface area contributed by atoms with E-state index in [1.807, 2.05) is 30.7 Å². The van der Waals surface area contributed by atoms with E-state index in [1.165, 1.54) is 5.69 Å². The SMILES string of the molecule is CCCCNC(=NCc1nnc(C)n1C)NC1CCCN(c2cccc(OC)c2)C1. The molecule has 0 bridgehead atoms. The normalized spacial score (nSPS) is 17.1. The maximum Gasteiger partial charge on any atom is 0.191 e. The van der Waals surface area contributed by atoms with Crippen molar-refractivity contribution < 1.29 is 4.74 Å². The third kappa shape index (κ3) is 5.87. The van der Waals surface area contributed by atoms with Crippen molar-refractivity contribution in [2.45, 2.75) is 52.1 Å². The first-order chi connectivity index (χ1) is 14.6. The first kappa shape index (κ1) is 21.9. The number of hydrogen-bond donors (Lipinski definition) is 2. The summed E-state index contributed by atoms with van der Waals surface area (Å²) in [7, 11) is 3.69. The van der Waals surface area contributed by atoms with Crippen LogP contribution in [0.5, 0.6) is 5.75 Å². The largest absolute Gasteiger partial charge is 0.497 e. The Morgan fingerprint density at radius 2 is 2.20 bits per heavy atom. The van der Waals surface area contributed by atoms with Crippen molar-refractivity contribution in [3.63, 3.8) is 0 Å². The van der Waals surface area contributed by atoms with Crippen molar-refractivity contribution in [1.29, 1.82) is 0 Å². The van der Waals surface area contributed by atoms with Gasteiger partial charge in [0.05, 0.1) is 7.11 Å². The van der Waals surface area contributed by atoms with E-state index in [-0.39, 0.29) is 0 Å². The number of anilines is 1. The lowest BCUT2D eigenvalue weighted by atomic mass is 10.0. The van der Waals surface area contributed by atoms with Crippen LogP contribution in [0.2, 0.25) is 0 Å². The number of methoxy groups -OCH3 is 1. The summed E-state index contributed by atoms with van der Waals surface area (Å²) in [5.74, 6) is 3.51. The number of guanidine groups is 1. The van der Waals surface area contributed by atoms with Gasteiger partial charge in [0, 0.05) is 44.5 Å².